The molecular weight excluding hydrogens is 462 g/mol. The lowest BCUT2D eigenvalue weighted by atomic mass is 9.68. The number of ether oxygens (including phenoxy) is 2. The van der Waals surface area contributed by atoms with E-state index in [1.165, 1.54) is 7.11 Å². The van der Waals surface area contributed by atoms with Gasteiger partial charge in [-0.3, -0.25) is 9.59 Å². The first-order valence-electron chi connectivity index (χ1n) is 11.9. The number of carbonyl (C=O) groups excluding carboxylic acids is 3. The largest absolute Gasteiger partial charge is 0.468 e. The molecule has 0 unspecified atom stereocenters. The number of thioether (sulfide) groups is 1. The third kappa shape index (κ3) is 4.74. The number of hydrogen-bond donors (Lipinski definition) is 1. The van der Waals surface area contributed by atoms with Gasteiger partial charge in [-0.2, -0.15) is 11.8 Å². The summed E-state index contributed by atoms with van der Waals surface area (Å²) in [6.07, 6.45) is 0.509. The molecule has 2 aromatic carbocycles. The lowest BCUT2D eigenvalue weighted by Crippen LogP contribution is -2.43. The summed E-state index contributed by atoms with van der Waals surface area (Å²) < 4.78 is 10.7. The van der Waals surface area contributed by atoms with Crippen LogP contribution in [0.25, 0.3) is 10.8 Å². The van der Waals surface area contributed by atoms with Gasteiger partial charge in [0.05, 0.1) is 12.7 Å². The Bertz CT molecular complexity index is 1230. The first-order chi connectivity index (χ1) is 16.9. The van der Waals surface area contributed by atoms with E-state index in [1.54, 1.807) is 11.8 Å². The fraction of sp³-hybridized carbons (Fsp3) is 0.393. The van der Waals surface area contributed by atoms with Gasteiger partial charge < -0.3 is 14.8 Å². The average molecular weight is 494 g/mol. The fourth-order valence-corrected chi connectivity index (χ4v) is 5.67. The van der Waals surface area contributed by atoms with Crippen LogP contribution in [0.2, 0.25) is 0 Å². The molecular formula is C28H31NO5S. The Balaban J connectivity index is 1.87. The summed E-state index contributed by atoms with van der Waals surface area (Å²) in [5, 5.41) is 5.28. The molecule has 2 aliphatic rings. The zero-order valence-electron chi connectivity index (χ0n) is 20.6. The van der Waals surface area contributed by atoms with Crippen LogP contribution in [0.4, 0.5) is 0 Å². The lowest BCUT2D eigenvalue weighted by Gasteiger charge is -2.38. The number of methoxy groups -OCH3 is 1. The van der Waals surface area contributed by atoms with E-state index in [9.17, 15) is 14.4 Å². The van der Waals surface area contributed by atoms with E-state index >= 15 is 0 Å². The number of esters is 2. The van der Waals surface area contributed by atoms with Crippen LogP contribution in [0.3, 0.4) is 0 Å². The summed E-state index contributed by atoms with van der Waals surface area (Å²) in [5.41, 5.74) is 3.14. The zero-order valence-corrected chi connectivity index (χ0v) is 21.4. The third-order valence-corrected chi connectivity index (χ3v) is 7.63. The molecule has 0 saturated heterocycles. The number of allylic oxidation sites excluding steroid dienone is 3. The number of carbonyl (C=O) groups is 3. The highest BCUT2D eigenvalue weighted by atomic mass is 32.2. The van der Waals surface area contributed by atoms with Crippen molar-refractivity contribution in [1.29, 1.82) is 0 Å². The maximum absolute atomic E-state index is 13.9. The number of rotatable bonds is 7. The third-order valence-electron chi connectivity index (χ3n) is 6.76. The number of hydrogen-bond acceptors (Lipinski definition) is 7. The number of Topliss-reactive ketones (excluding diaryl/α,β-unsaturated/α-hetero) is 1. The molecule has 0 aromatic heterocycles. The normalized spacial score (nSPS) is 22.1. The van der Waals surface area contributed by atoms with Gasteiger partial charge in [0.25, 0.3) is 0 Å². The Morgan fingerprint density at radius 2 is 1.89 bits per heavy atom. The Morgan fingerprint density at radius 3 is 2.63 bits per heavy atom. The monoisotopic (exact) mass is 493 g/mol. The highest BCUT2D eigenvalue weighted by Gasteiger charge is 2.47. The van der Waals surface area contributed by atoms with E-state index in [0.29, 0.717) is 29.0 Å². The van der Waals surface area contributed by atoms with Crippen molar-refractivity contribution in [3.05, 3.63) is 70.6 Å². The Morgan fingerprint density at radius 1 is 1.14 bits per heavy atom. The van der Waals surface area contributed by atoms with Crippen molar-refractivity contribution in [2.24, 2.45) is 11.8 Å². The van der Waals surface area contributed by atoms with Gasteiger partial charge in [-0.05, 0) is 41.4 Å². The first kappa shape index (κ1) is 25.0. The smallest absolute Gasteiger partial charge is 0.336 e. The van der Waals surface area contributed by atoms with Crippen molar-refractivity contribution >= 4 is 40.3 Å². The van der Waals surface area contributed by atoms with Gasteiger partial charge in [0.2, 0.25) is 0 Å². The van der Waals surface area contributed by atoms with Crippen LogP contribution in [0, 0.1) is 11.8 Å². The summed E-state index contributed by atoms with van der Waals surface area (Å²) in [5.74, 6) is -1.41. The number of nitrogens with one attached hydrogen (secondary N) is 1. The highest BCUT2D eigenvalue weighted by Crippen LogP contribution is 2.46. The van der Waals surface area contributed by atoms with Crippen LogP contribution < -0.4 is 5.32 Å². The molecule has 7 heteroatoms. The average Bonchev–Trinajstić information content (AvgIpc) is 2.85. The summed E-state index contributed by atoms with van der Waals surface area (Å²) >= 11 is 1.70. The standard InChI is InChI=1S/C28H31NO5S/c1-5-35-14-13-34-28(32)23-17(3)29-21-15-16(2)22(27(31)33-4)26(30)25(21)24(23)20-12-8-10-18-9-6-7-11-19(18)20/h6-12,16,22,24,29H,5,13-15H2,1-4H3/t16-,22-,24+/m0/s1. The second-order valence-corrected chi connectivity index (χ2v) is 10.3. The molecule has 0 saturated carbocycles. The Hall–Kier alpha value is -3.06. The molecule has 3 atom stereocenters. The van der Waals surface area contributed by atoms with Crippen molar-refractivity contribution in [2.45, 2.75) is 33.1 Å². The van der Waals surface area contributed by atoms with E-state index in [2.05, 4.69) is 12.2 Å². The molecule has 2 aromatic rings. The quantitative estimate of drug-likeness (QED) is 0.339. The second-order valence-electron chi connectivity index (χ2n) is 8.94. The molecule has 4 rings (SSSR count). The molecule has 0 radical (unpaired) electrons. The maximum Gasteiger partial charge on any atom is 0.336 e. The first-order valence-corrected chi connectivity index (χ1v) is 13.1. The minimum atomic E-state index is -0.908. The molecule has 6 nitrogen and oxygen atoms in total. The van der Waals surface area contributed by atoms with E-state index in [1.807, 2.05) is 56.3 Å². The molecule has 1 N–H and O–H groups in total. The minimum absolute atomic E-state index is 0.221. The Kier molecular flexibility index (Phi) is 7.65. The van der Waals surface area contributed by atoms with Crippen LogP contribution in [0.5, 0.6) is 0 Å². The van der Waals surface area contributed by atoms with E-state index in [-0.39, 0.29) is 18.3 Å². The molecule has 184 valence electrons. The van der Waals surface area contributed by atoms with Gasteiger partial charge in [0.1, 0.15) is 12.5 Å². The summed E-state index contributed by atoms with van der Waals surface area (Å²) in [7, 11) is 1.30. The topological polar surface area (TPSA) is 81.7 Å². The van der Waals surface area contributed by atoms with E-state index in [0.717, 1.165) is 27.8 Å². The van der Waals surface area contributed by atoms with Gasteiger partial charge in [-0.1, -0.05) is 56.3 Å². The highest BCUT2D eigenvalue weighted by molar-refractivity contribution is 7.99. The second kappa shape index (κ2) is 10.7. The van der Waals surface area contributed by atoms with Crippen LogP contribution >= 0.6 is 11.8 Å². The van der Waals surface area contributed by atoms with Gasteiger partial charge in [-0.15, -0.1) is 0 Å². The Labute approximate surface area is 210 Å². The summed E-state index contributed by atoms with van der Waals surface area (Å²) in [6, 6.07) is 13.8. The number of benzene rings is 2. The number of dihydropyridines is 1. The SMILES string of the molecule is CCSCCOC(=O)C1=C(C)NC2=C(C(=O)[C@@H](C(=O)OC)[C@@H](C)C2)[C@@H]1c1cccc2ccccc12. The van der Waals surface area contributed by atoms with E-state index in [4.69, 9.17) is 9.47 Å². The molecule has 1 aliphatic carbocycles. The van der Waals surface area contributed by atoms with E-state index < -0.39 is 23.8 Å². The van der Waals surface area contributed by atoms with Crippen LogP contribution in [-0.2, 0) is 23.9 Å². The maximum atomic E-state index is 13.9. The van der Waals surface area contributed by atoms with Crippen LogP contribution in [0.15, 0.2) is 65.0 Å². The minimum Gasteiger partial charge on any atom is -0.468 e. The molecule has 1 heterocycles. The molecule has 0 fully saturated rings. The van der Waals surface area contributed by atoms with Gasteiger partial charge in [0, 0.05) is 28.6 Å². The molecule has 0 amide bonds. The zero-order chi connectivity index (χ0) is 25.1. The van der Waals surface area contributed by atoms with Crippen molar-refractivity contribution < 1.29 is 23.9 Å². The molecule has 0 spiro atoms. The molecule has 35 heavy (non-hydrogen) atoms. The van der Waals surface area contributed by atoms with Gasteiger partial charge in [-0.25, -0.2) is 4.79 Å². The van der Waals surface area contributed by atoms with Crippen LogP contribution in [-0.4, -0.2) is 42.9 Å². The van der Waals surface area contributed by atoms with Gasteiger partial charge in [0.15, 0.2) is 5.78 Å². The summed E-state index contributed by atoms with van der Waals surface area (Å²) in [4.78, 5) is 39.9. The van der Waals surface area contributed by atoms with Crippen molar-refractivity contribution in [3.63, 3.8) is 0 Å². The number of fused-ring (bicyclic) bond motifs is 1. The lowest BCUT2D eigenvalue weighted by molar-refractivity contribution is -0.151. The predicted octanol–water partition coefficient (Wildman–Crippen LogP) is 4.75. The van der Waals surface area contributed by atoms with Crippen molar-refractivity contribution in [1.82, 2.24) is 5.32 Å². The summed E-state index contributed by atoms with van der Waals surface area (Å²) in [6.45, 7) is 6.08. The predicted molar refractivity (Wildman–Crippen MR) is 138 cm³/mol. The molecule has 1 aliphatic heterocycles. The van der Waals surface area contributed by atoms with Crippen LogP contribution in [0.1, 0.15) is 38.7 Å². The number of ketones is 1. The van der Waals surface area contributed by atoms with Gasteiger partial charge >= 0.3 is 11.9 Å². The van der Waals surface area contributed by atoms with Crippen molar-refractivity contribution in [3.8, 4) is 0 Å². The van der Waals surface area contributed by atoms with Crippen molar-refractivity contribution in [2.75, 3.05) is 25.2 Å². The molecule has 0 bridgehead atoms. The fourth-order valence-electron chi connectivity index (χ4n) is 5.18.